The molecule has 2 heterocycles. The van der Waals surface area contributed by atoms with Crippen LogP contribution in [0.4, 0.5) is 5.95 Å². The second-order valence-electron chi connectivity index (χ2n) is 5.78. The Morgan fingerprint density at radius 1 is 1.12 bits per heavy atom. The van der Waals surface area contributed by atoms with Gasteiger partial charge in [-0.05, 0) is 24.6 Å². The van der Waals surface area contributed by atoms with Gasteiger partial charge in [0.15, 0.2) is 0 Å². The van der Waals surface area contributed by atoms with Crippen molar-refractivity contribution in [2.75, 3.05) is 18.4 Å². The van der Waals surface area contributed by atoms with Crippen molar-refractivity contribution in [2.45, 2.75) is 19.3 Å². The first-order valence-electron chi connectivity index (χ1n) is 8.42. The molecular weight excluding hydrogens is 316 g/mol. The zero-order valence-corrected chi connectivity index (χ0v) is 14.3. The molecule has 0 aliphatic heterocycles. The molecule has 0 fully saturated rings. The zero-order valence-electron chi connectivity index (χ0n) is 14.3. The van der Waals surface area contributed by atoms with E-state index in [9.17, 15) is 4.79 Å². The van der Waals surface area contributed by atoms with Crippen molar-refractivity contribution in [3.05, 3.63) is 48.5 Å². The van der Waals surface area contributed by atoms with Crippen LogP contribution in [-0.4, -0.2) is 38.5 Å². The van der Waals surface area contributed by atoms with Crippen molar-refractivity contribution < 1.29 is 4.79 Å². The molecule has 0 atom stereocenters. The first kappa shape index (κ1) is 16.9. The number of para-hydroxylation sites is 2. The first-order valence-corrected chi connectivity index (χ1v) is 8.42. The summed E-state index contributed by atoms with van der Waals surface area (Å²) in [6, 6.07) is 9.80. The van der Waals surface area contributed by atoms with Crippen molar-refractivity contribution in [2.24, 2.45) is 7.05 Å². The Hall–Kier alpha value is -2.96. The van der Waals surface area contributed by atoms with Gasteiger partial charge in [-0.3, -0.25) is 4.79 Å². The van der Waals surface area contributed by atoms with Crippen molar-refractivity contribution in [3.8, 4) is 0 Å². The highest BCUT2D eigenvalue weighted by Gasteiger charge is 2.07. The van der Waals surface area contributed by atoms with Crippen LogP contribution in [0.2, 0.25) is 0 Å². The molecule has 0 saturated carbocycles. The number of hydrogen-bond donors (Lipinski definition) is 2. The van der Waals surface area contributed by atoms with Gasteiger partial charge in [0.25, 0.3) is 0 Å². The van der Waals surface area contributed by atoms with Crippen LogP contribution >= 0.6 is 0 Å². The second-order valence-corrected chi connectivity index (χ2v) is 5.78. The molecule has 130 valence electrons. The van der Waals surface area contributed by atoms with Crippen LogP contribution in [-0.2, 0) is 18.3 Å². The highest BCUT2D eigenvalue weighted by atomic mass is 16.1. The summed E-state index contributed by atoms with van der Waals surface area (Å²) in [5.74, 6) is 1.61. The molecule has 0 radical (unpaired) electrons. The lowest BCUT2D eigenvalue weighted by atomic mass is 10.3. The van der Waals surface area contributed by atoms with Gasteiger partial charge in [0.05, 0.1) is 11.0 Å². The monoisotopic (exact) mass is 338 g/mol. The highest BCUT2D eigenvalue weighted by molar-refractivity contribution is 5.76. The molecular formula is C18H22N6O. The van der Waals surface area contributed by atoms with E-state index in [1.54, 1.807) is 18.5 Å². The van der Waals surface area contributed by atoms with Crippen LogP contribution in [0.15, 0.2) is 42.7 Å². The summed E-state index contributed by atoms with van der Waals surface area (Å²) in [5.41, 5.74) is 2.10. The smallest absolute Gasteiger partial charge is 0.222 e. The van der Waals surface area contributed by atoms with E-state index < -0.39 is 0 Å². The van der Waals surface area contributed by atoms with Crippen LogP contribution in [0.25, 0.3) is 11.0 Å². The second kappa shape index (κ2) is 8.23. The molecule has 3 aromatic rings. The summed E-state index contributed by atoms with van der Waals surface area (Å²) in [4.78, 5) is 24.7. The number of anilines is 1. The summed E-state index contributed by atoms with van der Waals surface area (Å²) in [6.07, 6.45) is 5.29. The maximum atomic E-state index is 11.9. The minimum Gasteiger partial charge on any atom is -0.356 e. The van der Waals surface area contributed by atoms with Gasteiger partial charge in [0, 0.05) is 45.4 Å². The molecule has 1 aromatic carbocycles. The van der Waals surface area contributed by atoms with E-state index in [1.165, 1.54) is 0 Å². The van der Waals surface area contributed by atoms with Gasteiger partial charge in [-0.1, -0.05) is 12.1 Å². The average molecular weight is 338 g/mol. The fraction of sp³-hybridized carbons (Fsp3) is 0.333. The Balaban J connectivity index is 1.37. The van der Waals surface area contributed by atoms with Gasteiger partial charge < -0.3 is 15.2 Å². The van der Waals surface area contributed by atoms with E-state index >= 15 is 0 Å². The average Bonchev–Trinajstić information content (AvgIpc) is 2.96. The molecule has 2 N–H and O–H groups in total. The standard InChI is InChI=1S/C18H22N6O/c1-24-15-7-3-2-6-14(15)23-16(24)9-13-19-17(25)8-4-10-20-18-21-11-5-12-22-18/h2-3,5-7,11-12H,4,8-10,13H2,1H3,(H,19,25)(H,20,21,22). The van der Waals surface area contributed by atoms with E-state index in [4.69, 9.17) is 0 Å². The van der Waals surface area contributed by atoms with Gasteiger partial charge in [-0.2, -0.15) is 0 Å². The van der Waals surface area contributed by atoms with Crippen LogP contribution in [0, 0.1) is 0 Å². The molecule has 0 spiro atoms. The number of carbonyl (C=O) groups is 1. The van der Waals surface area contributed by atoms with Crippen molar-refractivity contribution >= 4 is 22.9 Å². The lowest BCUT2D eigenvalue weighted by molar-refractivity contribution is -0.121. The maximum Gasteiger partial charge on any atom is 0.222 e. The molecule has 0 bridgehead atoms. The number of hydrogen-bond acceptors (Lipinski definition) is 5. The Labute approximate surface area is 146 Å². The Morgan fingerprint density at radius 2 is 1.92 bits per heavy atom. The molecule has 0 aliphatic rings. The van der Waals surface area contributed by atoms with Crippen LogP contribution < -0.4 is 10.6 Å². The molecule has 7 heteroatoms. The van der Waals surface area contributed by atoms with Crippen molar-refractivity contribution in [3.63, 3.8) is 0 Å². The number of carbonyl (C=O) groups excluding carboxylic acids is 1. The summed E-state index contributed by atoms with van der Waals surface area (Å²) in [6.45, 7) is 1.26. The van der Waals surface area contributed by atoms with E-state index in [0.717, 1.165) is 23.3 Å². The Bertz CT molecular complexity index is 830. The molecule has 25 heavy (non-hydrogen) atoms. The largest absolute Gasteiger partial charge is 0.356 e. The fourth-order valence-electron chi connectivity index (χ4n) is 2.66. The number of aryl methyl sites for hydroxylation is 1. The van der Waals surface area contributed by atoms with Crippen LogP contribution in [0.3, 0.4) is 0 Å². The number of nitrogens with zero attached hydrogens (tertiary/aromatic N) is 4. The summed E-state index contributed by atoms with van der Waals surface area (Å²) in [7, 11) is 2.00. The van der Waals surface area contributed by atoms with Gasteiger partial charge in [-0.25, -0.2) is 15.0 Å². The summed E-state index contributed by atoms with van der Waals surface area (Å²) < 4.78 is 2.07. The van der Waals surface area contributed by atoms with Crippen LogP contribution in [0.1, 0.15) is 18.7 Å². The normalized spacial score (nSPS) is 10.8. The molecule has 3 rings (SSSR count). The number of imidazole rings is 1. The minimum atomic E-state index is 0.0505. The third kappa shape index (κ3) is 4.53. The predicted octanol–water partition coefficient (Wildman–Crippen LogP) is 1.91. The summed E-state index contributed by atoms with van der Waals surface area (Å²) in [5, 5.41) is 6.04. The molecule has 7 nitrogen and oxygen atoms in total. The number of rotatable bonds is 8. The predicted molar refractivity (Wildman–Crippen MR) is 97.2 cm³/mol. The van der Waals surface area contributed by atoms with E-state index in [1.807, 2.05) is 31.3 Å². The lowest BCUT2D eigenvalue weighted by Crippen LogP contribution is -2.26. The number of amides is 1. The van der Waals surface area contributed by atoms with Crippen molar-refractivity contribution in [1.82, 2.24) is 24.8 Å². The Morgan fingerprint density at radius 3 is 2.72 bits per heavy atom. The minimum absolute atomic E-state index is 0.0505. The maximum absolute atomic E-state index is 11.9. The third-order valence-corrected chi connectivity index (χ3v) is 3.98. The molecule has 0 saturated heterocycles. The van der Waals surface area contributed by atoms with E-state index in [2.05, 4.69) is 30.2 Å². The van der Waals surface area contributed by atoms with Gasteiger partial charge >= 0.3 is 0 Å². The quantitative estimate of drug-likeness (QED) is 0.613. The number of aromatic nitrogens is 4. The SMILES string of the molecule is Cn1c(CCNC(=O)CCCNc2ncccn2)nc2ccccc21. The van der Waals surface area contributed by atoms with E-state index in [-0.39, 0.29) is 5.91 Å². The fourth-order valence-corrected chi connectivity index (χ4v) is 2.66. The lowest BCUT2D eigenvalue weighted by Gasteiger charge is -2.06. The zero-order chi connectivity index (χ0) is 17.5. The van der Waals surface area contributed by atoms with Crippen LogP contribution in [0.5, 0.6) is 0 Å². The summed E-state index contributed by atoms with van der Waals surface area (Å²) >= 11 is 0. The molecule has 0 unspecified atom stereocenters. The molecule has 1 amide bonds. The topological polar surface area (TPSA) is 84.7 Å². The third-order valence-electron chi connectivity index (χ3n) is 3.98. The number of nitrogens with one attached hydrogen (secondary N) is 2. The molecule has 0 aliphatic carbocycles. The Kier molecular flexibility index (Phi) is 5.56. The molecule has 2 aromatic heterocycles. The van der Waals surface area contributed by atoms with Gasteiger partial charge in [0.1, 0.15) is 5.82 Å². The van der Waals surface area contributed by atoms with Crippen molar-refractivity contribution in [1.29, 1.82) is 0 Å². The number of benzene rings is 1. The number of fused-ring (bicyclic) bond motifs is 1. The van der Waals surface area contributed by atoms with Gasteiger partial charge in [-0.15, -0.1) is 0 Å². The first-order chi connectivity index (χ1) is 12.2. The van der Waals surface area contributed by atoms with Gasteiger partial charge in [0.2, 0.25) is 11.9 Å². The highest BCUT2D eigenvalue weighted by Crippen LogP contribution is 2.14. The van der Waals surface area contributed by atoms with E-state index in [0.29, 0.717) is 31.9 Å².